The minimum absolute atomic E-state index is 0.0214. The SMILES string of the molecule is Cc1nc2ccnn2cc1C(=O)N1CC(C)(C)OC(C)(C)C1. The molecule has 0 atom stereocenters. The zero-order chi connectivity index (χ0) is 16.1. The lowest BCUT2D eigenvalue weighted by Gasteiger charge is -2.47. The molecule has 0 bridgehead atoms. The van der Waals surface area contributed by atoms with Gasteiger partial charge in [-0.2, -0.15) is 5.10 Å². The first-order chi connectivity index (χ1) is 10.2. The minimum Gasteiger partial charge on any atom is -0.366 e. The number of carbonyl (C=O) groups excluding carboxylic acids is 1. The van der Waals surface area contributed by atoms with Gasteiger partial charge in [-0.15, -0.1) is 0 Å². The van der Waals surface area contributed by atoms with Gasteiger partial charge in [-0.3, -0.25) is 4.79 Å². The number of carbonyl (C=O) groups is 1. The number of ether oxygens (including phenoxy) is 1. The van der Waals surface area contributed by atoms with Gasteiger partial charge in [0.1, 0.15) is 0 Å². The summed E-state index contributed by atoms with van der Waals surface area (Å²) in [5.41, 5.74) is 1.32. The standard InChI is InChI=1S/C16H22N4O2/c1-11-12(8-20-13(18-11)6-7-17-20)14(21)19-9-15(2,3)22-16(4,5)10-19/h6-8H,9-10H2,1-5H3. The van der Waals surface area contributed by atoms with E-state index < -0.39 is 0 Å². The summed E-state index contributed by atoms with van der Waals surface area (Å²) >= 11 is 0. The highest BCUT2D eigenvalue weighted by atomic mass is 16.5. The van der Waals surface area contributed by atoms with Crippen LogP contribution >= 0.6 is 0 Å². The van der Waals surface area contributed by atoms with Gasteiger partial charge in [0.2, 0.25) is 0 Å². The van der Waals surface area contributed by atoms with Crippen molar-refractivity contribution in [3.8, 4) is 0 Å². The Bertz CT molecular complexity index is 717. The van der Waals surface area contributed by atoms with Gasteiger partial charge >= 0.3 is 0 Å². The van der Waals surface area contributed by atoms with E-state index in [-0.39, 0.29) is 17.1 Å². The summed E-state index contributed by atoms with van der Waals surface area (Å²) in [5.74, 6) is -0.0214. The van der Waals surface area contributed by atoms with E-state index in [1.54, 1.807) is 16.9 Å². The van der Waals surface area contributed by atoms with Crippen LogP contribution in [0, 0.1) is 6.92 Å². The molecule has 1 saturated heterocycles. The summed E-state index contributed by atoms with van der Waals surface area (Å²) in [6.07, 6.45) is 3.44. The summed E-state index contributed by atoms with van der Waals surface area (Å²) in [5, 5.41) is 4.16. The van der Waals surface area contributed by atoms with Crippen molar-refractivity contribution in [3.63, 3.8) is 0 Å². The summed E-state index contributed by atoms with van der Waals surface area (Å²) in [6, 6.07) is 1.82. The third kappa shape index (κ3) is 2.70. The van der Waals surface area contributed by atoms with Gasteiger partial charge in [0.05, 0.1) is 28.7 Å². The van der Waals surface area contributed by atoms with Crippen molar-refractivity contribution < 1.29 is 9.53 Å². The molecule has 0 unspecified atom stereocenters. The first-order valence-corrected chi connectivity index (χ1v) is 7.47. The molecule has 22 heavy (non-hydrogen) atoms. The maximum atomic E-state index is 13.0. The number of nitrogens with zero attached hydrogens (tertiary/aromatic N) is 4. The molecule has 0 saturated carbocycles. The lowest BCUT2D eigenvalue weighted by Crippen LogP contribution is -2.58. The monoisotopic (exact) mass is 302 g/mol. The van der Waals surface area contributed by atoms with Crippen LogP contribution in [0.1, 0.15) is 43.7 Å². The largest absolute Gasteiger partial charge is 0.366 e. The van der Waals surface area contributed by atoms with Gasteiger partial charge < -0.3 is 9.64 Å². The summed E-state index contributed by atoms with van der Waals surface area (Å²) in [4.78, 5) is 19.2. The Hall–Kier alpha value is -1.95. The molecule has 0 radical (unpaired) electrons. The Morgan fingerprint density at radius 1 is 1.23 bits per heavy atom. The van der Waals surface area contributed by atoms with Gasteiger partial charge in [-0.1, -0.05) is 0 Å². The molecule has 0 aliphatic carbocycles. The van der Waals surface area contributed by atoms with E-state index in [1.807, 2.05) is 45.6 Å². The topological polar surface area (TPSA) is 59.7 Å². The first-order valence-electron chi connectivity index (χ1n) is 7.47. The normalized spacial score (nSPS) is 20.3. The Morgan fingerprint density at radius 3 is 2.50 bits per heavy atom. The predicted molar refractivity (Wildman–Crippen MR) is 82.9 cm³/mol. The van der Waals surface area contributed by atoms with E-state index >= 15 is 0 Å². The average Bonchev–Trinajstić information content (AvgIpc) is 2.80. The maximum Gasteiger partial charge on any atom is 0.257 e. The average molecular weight is 302 g/mol. The lowest BCUT2D eigenvalue weighted by atomic mass is 9.98. The molecule has 0 spiro atoms. The van der Waals surface area contributed by atoms with Crippen LogP contribution in [0.4, 0.5) is 0 Å². The van der Waals surface area contributed by atoms with E-state index in [0.717, 1.165) is 11.3 Å². The Balaban J connectivity index is 1.96. The second-order valence-corrected chi connectivity index (χ2v) is 7.16. The van der Waals surface area contributed by atoms with Crippen LogP contribution < -0.4 is 0 Å². The number of fused-ring (bicyclic) bond motifs is 1. The highest BCUT2D eigenvalue weighted by molar-refractivity contribution is 5.95. The molecule has 3 heterocycles. The lowest BCUT2D eigenvalue weighted by molar-refractivity contribution is -0.171. The van der Waals surface area contributed by atoms with Crippen LogP contribution in [0.3, 0.4) is 0 Å². The molecule has 6 heteroatoms. The van der Waals surface area contributed by atoms with E-state index in [2.05, 4.69) is 10.1 Å². The molecule has 1 aliphatic heterocycles. The smallest absolute Gasteiger partial charge is 0.257 e. The zero-order valence-corrected chi connectivity index (χ0v) is 13.8. The van der Waals surface area contributed by atoms with Crippen molar-refractivity contribution in [1.29, 1.82) is 0 Å². The Labute approximate surface area is 130 Å². The summed E-state index contributed by atoms with van der Waals surface area (Å²) in [6.45, 7) is 11.0. The van der Waals surface area contributed by atoms with Crippen LogP contribution in [0.25, 0.3) is 5.65 Å². The summed E-state index contributed by atoms with van der Waals surface area (Å²) < 4.78 is 7.67. The molecule has 0 N–H and O–H groups in total. The van der Waals surface area contributed by atoms with Crippen molar-refractivity contribution in [3.05, 3.63) is 29.7 Å². The fourth-order valence-corrected chi connectivity index (χ4v) is 3.25. The van der Waals surface area contributed by atoms with E-state index in [0.29, 0.717) is 18.7 Å². The van der Waals surface area contributed by atoms with Crippen molar-refractivity contribution in [2.45, 2.75) is 45.8 Å². The molecule has 1 amide bonds. The van der Waals surface area contributed by atoms with Crippen molar-refractivity contribution in [1.82, 2.24) is 19.5 Å². The second kappa shape index (κ2) is 4.78. The van der Waals surface area contributed by atoms with Crippen LogP contribution in [0.5, 0.6) is 0 Å². The third-order valence-electron chi connectivity index (χ3n) is 3.79. The highest BCUT2D eigenvalue weighted by Crippen LogP contribution is 2.29. The minimum atomic E-state index is -0.367. The maximum absolute atomic E-state index is 13.0. The van der Waals surface area contributed by atoms with E-state index in [1.165, 1.54) is 0 Å². The third-order valence-corrected chi connectivity index (χ3v) is 3.79. The fourth-order valence-electron chi connectivity index (χ4n) is 3.25. The number of aryl methyl sites for hydroxylation is 1. The van der Waals surface area contributed by atoms with Crippen LogP contribution in [-0.2, 0) is 4.74 Å². The zero-order valence-electron chi connectivity index (χ0n) is 13.8. The molecule has 3 rings (SSSR count). The Morgan fingerprint density at radius 2 is 1.86 bits per heavy atom. The van der Waals surface area contributed by atoms with E-state index in [4.69, 9.17) is 4.74 Å². The number of aromatic nitrogens is 3. The van der Waals surface area contributed by atoms with Crippen molar-refractivity contribution in [2.24, 2.45) is 0 Å². The van der Waals surface area contributed by atoms with Gasteiger partial charge in [0.15, 0.2) is 5.65 Å². The number of hydrogen-bond donors (Lipinski definition) is 0. The van der Waals surface area contributed by atoms with Crippen LogP contribution in [0.2, 0.25) is 0 Å². The quantitative estimate of drug-likeness (QED) is 0.809. The molecule has 1 aliphatic rings. The first kappa shape index (κ1) is 15.0. The van der Waals surface area contributed by atoms with E-state index in [9.17, 15) is 4.79 Å². The van der Waals surface area contributed by atoms with Gasteiger partial charge in [0.25, 0.3) is 5.91 Å². The molecular weight excluding hydrogens is 280 g/mol. The number of hydrogen-bond acceptors (Lipinski definition) is 4. The number of rotatable bonds is 1. The van der Waals surface area contributed by atoms with Crippen molar-refractivity contribution >= 4 is 11.6 Å². The van der Waals surface area contributed by atoms with Gasteiger partial charge in [0, 0.05) is 25.4 Å². The molecule has 1 fully saturated rings. The summed E-state index contributed by atoms with van der Waals surface area (Å²) in [7, 11) is 0. The molecule has 2 aromatic heterocycles. The second-order valence-electron chi connectivity index (χ2n) is 7.16. The van der Waals surface area contributed by atoms with Crippen molar-refractivity contribution in [2.75, 3.05) is 13.1 Å². The molecule has 2 aromatic rings. The predicted octanol–water partition coefficient (Wildman–Crippen LogP) is 2.07. The van der Waals surface area contributed by atoms with Crippen LogP contribution in [0.15, 0.2) is 18.5 Å². The molecular formula is C16H22N4O2. The molecule has 6 nitrogen and oxygen atoms in total. The number of morpholine rings is 1. The van der Waals surface area contributed by atoms with Gasteiger partial charge in [-0.25, -0.2) is 9.50 Å². The molecule has 0 aromatic carbocycles. The number of amides is 1. The van der Waals surface area contributed by atoms with Crippen LogP contribution in [-0.4, -0.2) is 49.7 Å². The fraction of sp³-hybridized carbons (Fsp3) is 0.562. The highest BCUT2D eigenvalue weighted by Gasteiger charge is 2.40. The molecule has 118 valence electrons. The Kier molecular flexibility index (Phi) is 3.25. The van der Waals surface area contributed by atoms with Gasteiger partial charge in [-0.05, 0) is 34.6 Å².